The molecule has 0 saturated heterocycles. The molecule has 0 aliphatic carbocycles. The van der Waals surface area contributed by atoms with Crippen molar-refractivity contribution in [1.82, 2.24) is 0 Å². The lowest BCUT2D eigenvalue weighted by atomic mass is 9.75. The fourth-order valence-electron chi connectivity index (χ4n) is 3.11. The molecule has 0 radical (unpaired) electrons. The van der Waals surface area contributed by atoms with Gasteiger partial charge in [0, 0.05) is 5.82 Å². The van der Waals surface area contributed by atoms with Crippen LogP contribution in [-0.4, -0.2) is 13.2 Å². The summed E-state index contributed by atoms with van der Waals surface area (Å²) in [5.41, 5.74) is 4.19. The van der Waals surface area contributed by atoms with Crippen LogP contribution in [0.4, 0.5) is 0 Å². The maximum Gasteiger partial charge on any atom is 0.354 e. The molecule has 0 fully saturated rings. The fraction of sp³-hybridized carbons (Fsp3) is 0.667. The molecule has 1 atom stereocenters. The van der Waals surface area contributed by atoms with Crippen molar-refractivity contribution >= 4 is 21.5 Å². The molecular weight excluding hydrogens is 398 g/mol. The molecule has 0 N–H and O–H groups in total. The number of hydrogen-bond acceptors (Lipinski definition) is 3. The summed E-state index contributed by atoms with van der Waals surface area (Å²) < 4.78 is 23.7. The lowest BCUT2D eigenvalue weighted by molar-refractivity contribution is 0.229. The van der Waals surface area contributed by atoms with Crippen molar-refractivity contribution in [3.05, 3.63) is 40.5 Å². The summed E-state index contributed by atoms with van der Waals surface area (Å²) in [6, 6.07) is 4.74. The molecule has 1 aromatic carbocycles. The Morgan fingerprint density at radius 3 is 1.55 bits per heavy atom. The highest BCUT2D eigenvalue weighted by atomic mass is 31.2. The van der Waals surface area contributed by atoms with Crippen molar-refractivity contribution in [2.75, 3.05) is 13.2 Å². The summed E-state index contributed by atoms with van der Waals surface area (Å²) in [5, 5.41) is 1.34. The quantitative estimate of drug-likeness (QED) is 0.409. The Morgan fingerprint density at radius 2 is 1.24 bits per heavy atom. The van der Waals surface area contributed by atoms with E-state index in [1.54, 1.807) is 5.82 Å². The monoisotopic (exact) mass is 440 g/mol. The normalized spacial score (nSPS) is 14.4. The van der Waals surface area contributed by atoms with Gasteiger partial charge in [-0.3, -0.25) is 4.57 Å². The van der Waals surface area contributed by atoms with Gasteiger partial charge < -0.3 is 9.05 Å². The highest BCUT2D eigenvalue weighted by molar-refractivity contribution is 7.59. The molecule has 0 aromatic heterocycles. The first-order valence-corrected chi connectivity index (χ1v) is 13.3. The largest absolute Gasteiger partial charge is 0.354 e. The molecule has 1 aromatic rings. The number of rotatable bonds is 7. The second-order valence-corrected chi connectivity index (χ2v) is 13.5. The highest BCUT2D eigenvalue weighted by Gasteiger charge is 2.29. The van der Waals surface area contributed by atoms with Gasteiger partial charge in [-0.25, -0.2) is 0 Å². The van der Waals surface area contributed by atoms with E-state index < -0.39 is 7.60 Å². The van der Waals surface area contributed by atoms with Crippen LogP contribution in [0.1, 0.15) is 92.9 Å². The lowest BCUT2D eigenvalue weighted by Gasteiger charge is -2.33. The average Bonchev–Trinajstić information content (AvgIpc) is 2.52. The van der Waals surface area contributed by atoms with Gasteiger partial charge >= 0.3 is 7.60 Å². The van der Waals surface area contributed by atoms with Crippen molar-refractivity contribution in [1.29, 1.82) is 0 Å². The Bertz CT molecular complexity index is 715. The first-order valence-electron chi connectivity index (χ1n) is 10.6. The maximum atomic E-state index is 12.8. The van der Waals surface area contributed by atoms with E-state index >= 15 is 0 Å². The van der Waals surface area contributed by atoms with Crippen LogP contribution in [0.2, 0.25) is 0 Å². The molecule has 1 unspecified atom stereocenters. The van der Waals surface area contributed by atoms with Gasteiger partial charge in [0.1, 0.15) is 0 Å². The van der Waals surface area contributed by atoms with Gasteiger partial charge in [0.15, 0.2) is 0 Å². The Hall–Kier alpha value is -0.460. The molecule has 1 rings (SSSR count). The fourth-order valence-corrected chi connectivity index (χ4v) is 6.48. The molecular formula is C24H42O3P2. The molecule has 0 aliphatic heterocycles. The second kappa shape index (κ2) is 9.78. The Balaban J connectivity index is 3.59. The zero-order chi connectivity index (χ0) is 22.7. The second-order valence-electron chi connectivity index (χ2n) is 10.5. The van der Waals surface area contributed by atoms with Crippen molar-refractivity contribution in [3.63, 3.8) is 0 Å². The van der Waals surface area contributed by atoms with Gasteiger partial charge in [0.05, 0.1) is 13.2 Å². The van der Waals surface area contributed by atoms with E-state index in [2.05, 4.69) is 74.4 Å². The van der Waals surface area contributed by atoms with Crippen molar-refractivity contribution in [3.8, 4) is 0 Å². The number of hydrogen-bond donors (Lipinski definition) is 0. The smallest absolute Gasteiger partial charge is 0.306 e. The topological polar surface area (TPSA) is 35.5 Å². The Labute approximate surface area is 181 Å². The molecule has 5 heteroatoms. The summed E-state index contributed by atoms with van der Waals surface area (Å²) in [6.07, 6.45) is 0. The molecule has 0 saturated carbocycles. The predicted molar refractivity (Wildman–Crippen MR) is 130 cm³/mol. The van der Waals surface area contributed by atoms with Crippen LogP contribution in [-0.2, 0) is 29.9 Å². The molecule has 0 bridgehead atoms. The van der Waals surface area contributed by atoms with Crippen molar-refractivity contribution < 1.29 is 13.6 Å². The zero-order valence-electron chi connectivity index (χ0n) is 20.4. The van der Waals surface area contributed by atoms with Crippen LogP contribution in [0, 0.1) is 0 Å². The van der Waals surface area contributed by atoms with Gasteiger partial charge in [0.2, 0.25) is 0 Å². The molecule has 0 aliphatic rings. The Kier molecular flexibility index (Phi) is 8.96. The van der Waals surface area contributed by atoms with Gasteiger partial charge in [-0.2, -0.15) is 0 Å². The minimum atomic E-state index is -3.18. The van der Waals surface area contributed by atoms with Crippen molar-refractivity contribution in [2.24, 2.45) is 0 Å². The van der Waals surface area contributed by atoms with Crippen LogP contribution in [0.3, 0.4) is 0 Å². The third kappa shape index (κ3) is 7.62. The molecule has 3 nitrogen and oxygen atoms in total. The van der Waals surface area contributed by atoms with Crippen LogP contribution in [0.5, 0.6) is 0 Å². The molecule has 29 heavy (non-hydrogen) atoms. The van der Waals surface area contributed by atoms with Gasteiger partial charge in [-0.15, -0.1) is 0 Å². The Morgan fingerprint density at radius 1 is 0.828 bits per heavy atom. The summed E-state index contributed by atoms with van der Waals surface area (Å²) >= 11 is 0. The minimum Gasteiger partial charge on any atom is -0.306 e. The highest BCUT2D eigenvalue weighted by Crippen LogP contribution is 2.50. The standard InChI is InChI=1S/C24H42O3P2/c1-12-26-29(25,27-13-2)15-14-28-21-19(23(6,7)8)16-18(22(3,4)5)17-20(21)24(9,10)11/h14-17,28H,12-13H2,1-11H3/b15-14+. The first kappa shape index (κ1) is 26.6. The van der Waals surface area contributed by atoms with Crippen molar-refractivity contribution in [2.45, 2.75) is 92.4 Å². The van der Waals surface area contributed by atoms with E-state index in [0.717, 1.165) is 0 Å². The van der Waals surface area contributed by atoms with E-state index in [0.29, 0.717) is 21.8 Å². The van der Waals surface area contributed by atoms with Gasteiger partial charge in [0.25, 0.3) is 0 Å². The third-order valence-corrected chi connectivity index (χ3v) is 7.91. The van der Waals surface area contributed by atoms with Crippen LogP contribution >= 0.6 is 16.2 Å². The third-order valence-electron chi connectivity index (χ3n) is 4.72. The molecule has 166 valence electrons. The summed E-state index contributed by atoms with van der Waals surface area (Å²) in [7, 11) is -2.78. The van der Waals surface area contributed by atoms with E-state index in [-0.39, 0.29) is 16.2 Å². The predicted octanol–water partition coefficient (Wildman–Crippen LogP) is 7.62. The molecule has 0 amide bonds. The van der Waals surface area contributed by atoms with Crippen LogP contribution in [0.15, 0.2) is 23.8 Å². The van der Waals surface area contributed by atoms with Crippen LogP contribution in [0.25, 0.3) is 0 Å². The van der Waals surface area contributed by atoms with Gasteiger partial charge in [-0.05, 0) is 52.1 Å². The van der Waals surface area contributed by atoms with E-state index in [1.807, 2.05) is 19.7 Å². The summed E-state index contributed by atoms with van der Waals surface area (Å²) in [5.74, 6) is 3.64. The summed E-state index contributed by atoms with van der Waals surface area (Å²) in [6.45, 7) is 24.8. The summed E-state index contributed by atoms with van der Waals surface area (Å²) in [4.78, 5) is 0. The maximum absolute atomic E-state index is 12.8. The van der Waals surface area contributed by atoms with Crippen LogP contribution < -0.4 is 5.30 Å². The zero-order valence-corrected chi connectivity index (χ0v) is 22.3. The van der Waals surface area contributed by atoms with Gasteiger partial charge in [-0.1, -0.05) is 88.8 Å². The van der Waals surface area contributed by atoms with E-state index in [9.17, 15) is 4.57 Å². The molecule has 0 spiro atoms. The SMILES string of the molecule is CCOP(=O)(/C=C/Pc1c(C(C)(C)C)cc(C(C)(C)C)cc1C(C)(C)C)OCC. The van der Waals surface area contributed by atoms with E-state index in [4.69, 9.17) is 9.05 Å². The first-order chi connectivity index (χ1) is 13.0. The number of benzene rings is 1. The lowest BCUT2D eigenvalue weighted by Crippen LogP contribution is -2.30. The minimum absolute atomic E-state index is 0.0148. The average molecular weight is 441 g/mol. The molecule has 0 heterocycles. The van der Waals surface area contributed by atoms with E-state index in [1.165, 1.54) is 22.0 Å².